The average molecular weight is 431 g/mol. The number of aromatic nitrogens is 4. The third-order valence-corrected chi connectivity index (χ3v) is 7.08. The quantitative estimate of drug-likeness (QED) is 0.640. The minimum atomic E-state index is 0.557. The largest absolute Gasteiger partial charge is 0.379 e. The number of hydrogen-bond acceptors (Lipinski definition) is 6. The zero-order valence-corrected chi connectivity index (χ0v) is 18.6. The maximum Gasteiger partial charge on any atom is 0.126 e. The van der Waals surface area contributed by atoms with E-state index in [1.54, 1.807) is 0 Å². The summed E-state index contributed by atoms with van der Waals surface area (Å²) < 4.78 is 7.95. The van der Waals surface area contributed by atoms with Crippen LogP contribution in [-0.2, 0) is 4.74 Å². The second-order valence-corrected chi connectivity index (χ2v) is 9.18. The van der Waals surface area contributed by atoms with Gasteiger partial charge in [0.1, 0.15) is 17.3 Å². The van der Waals surface area contributed by atoms with Crippen LogP contribution in [0.1, 0.15) is 42.7 Å². The van der Waals surface area contributed by atoms with E-state index in [0.29, 0.717) is 12.0 Å². The molecule has 1 unspecified atom stereocenters. The monoisotopic (exact) mass is 430 g/mol. The van der Waals surface area contributed by atoms with Gasteiger partial charge < -0.3 is 14.6 Å². The topological polar surface area (TPSA) is 68.1 Å². The lowest BCUT2D eigenvalue weighted by Crippen LogP contribution is -2.39. The maximum atomic E-state index is 5.45. The average Bonchev–Trinajstić information content (AvgIpc) is 3.53. The molecule has 7 nitrogen and oxygen atoms in total. The number of morpholine rings is 1. The zero-order chi connectivity index (χ0) is 21.5. The number of imidazole rings is 1. The van der Waals surface area contributed by atoms with Gasteiger partial charge in [-0.15, -0.1) is 0 Å². The van der Waals surface area contributed by atoms with Gasteiger partial charge in [0.25, 0.3) is 0 Å². The number of rotatable bonds is 6. The molecule has 2 fully saturated rings. The lowest BCUT2D eigenvalue weighted by atomic mass is 10.1. The standard InChI is InChI=1S/C25H30N6O/c1-17-3-2-4-21(28-17)23-24(31-20-6-5-19(15-20)25(31)29-23)18-7-8-26-22(16-18)27-9-10-30-11-13-32-14-12-30/h2-4,7-8,16,19-20H,5-6,9-15H2,1H3,(H,26,27)/t19?,20-/m1/s1. The van der Waals surface area contributed by atoms with Gasteiger partial charge in [-0.2, -0.15) is 0 Å². The van der Waals surface area contributed by atoms with Gasteiger partial charge in [0, 0.05) is 55.6 Å². The van der Waals surface area contributed by atoms with Crippen LogP contribution in [0.3, 0.4) is 0 Å². The second kappa shape index (κ2) is 8.30. The highest BCUT2D eigenvalue weighted by Crippen LogP contribution is 2.52. The van der Waals surface area contributed by atoms with E-state index < -0.39 is 0 Å². The molecule has 0 aromatic carbocycles. The molecule has 6 rings (SSSR count). The Bertz CT molecular complexity index is 1120. The molecule has 3 aliphatic rings. The first-order valence-electron chi connectivity index (χ1n) is 11.8. The third-order valence-electron chi connectivity index (χ3n) is 7.08. The number of aryl methyl sites for hydroxylation is 1. The molecule has 2 bridgehead atoms. The molecule has 7 heteroatoms. The first kappa shape index (κ1) is 19.9. The van der Waals surface area contributed by atoms with Crippen LogP contribution >= 0.6 is 0 Å². The minimum absolute atomic E-state index is 0.557. The van der Waals surface area contributed by atoms with Crippen molar-refractivity contribution < 1.29 is 4.74 Å². The molecule has 5 heterocycles. The highest BCUT2D eigenvalue weighted by atomic mass is 16.5. The van der Waals surface area contributed by atoms with Gasteiger partial charge in [0.05, 0.1) is 24.6 Å². The van der Waals surface area contributed by atoms with Gasteiger partial charge in [-0.05, 0) is 50.5 Å². The van der Waals surface area contributed by atoms with Crippen LogP contribution in [0.2, 0.25) is 0 Å². The highest BCUT2D eigenvalue weighted by molar-refractivity contribution is 5.79. The molecule has 2 aliphatic heterocycles. The Balaban J connectivity index is 1.32. The van der Waals surface area contributed by atoms with Crippen molar-refractivity contribution in [1.29, 1.82) is 0 Å². The van der Waals surface area contributed by atoms with E-state index in [0.717, 1.165) is 62.3 Å². The fraction of sp³-hybridized carbons (Fsp3) is 0.480. The Morgan fingerprint density at radius 3 is 2.91 bits per heavy atom. The Kier molecular flexibility index (Phi) is 5.15. The van der Waals surface area contributed by atoms with E-state index in [-0.39, 0.29) is 0 Å². The van der Waals surface area contributed by atoms with E-state index in [9.17, 15) is 0 Å². The van der Waals surface area contributed by atoms with Crippen molar-refractivity contribution in [3.8, 4) is 22.6 Å². The first-order chi connectivity index (χ1) is 15.8. The van der Waals surface area contributed by atoms with Crippen LogP contribution < -0.4 is 5.32 Å². The zero-order valence-electron chi connectivity index (χ0n) is 18.6. The third kappa shape index (κ3) is 3.59. The minimum Gasteiger partial charge on any atom is -0.379 e. The van der Waals surface area contributed by atoms with Crippen LogP contribution in [-0.4, -0.2) is 63.8 Å². The summed E-state index contributed by atoms with van der Waals surface area (Å²) in [5.74, 6) is 2.75. The number of anilines is 1. The number of nitrogens with one attached hydrogen (secondary N) is 1. The summed E-state index contributed by atoms with van der Waals surface area (Å²) in [6.45, 7) is 7.59. The van der Waals surface area contributed by atoms with E-state index in [4.69, 9.17) is 14.7 Å². The van der Waals surface area contributed by atoms with E-state index in [1.807, 2.05) is 19.2 Å². The number of fused-ring (bicyclic) bond motifs is 5. The maximum absolute atomic E-state index is 5.45. The molecular formula is C25H30N6O. The molecular weight excluding hydrogens is 400 g/mol. The van der Waals surface area contributed by atoms with Gasteiger partial charge >= 0.3 is 0 Å². The van der Waals surface area contributed by atoms with Crippen LogP contribution in [0, 0.1) is 6.92 Å². The Morgan fingerprint density at radius 2 is 2.03 bits per heavy atom. The number of nitrogens with zero attached hydrogens (tertiary/aromatic N) is 5. The summed E-state index contributed by atoms with van der Waals surface area (Å²) in [5, 5.41) is 3.53. The van der Waals surface area contributed by atoms with Gasteiger partial charge in [-0.25, -0.2) is 9.97 Å². The molecule has 166 valence electrons. The van der Waals surface area contributed by atoms with Crippen molar-refractivity contribution in [1.82, 2.24) is 24.4 Å². The van der Waals surface area contributed by atoms with E-state index in [1.165, 1.54) is 36.3 Å². The Hall–Kier alpha value is -2.77. The summed E-state index contributed by atoms with van der Waals surface area (Å²) in [7, 11) is 0. The molecule has 3 aromatic heterocycles. The highest BCUT2D eigenvalue weighted by Gasteiger charge is 2.41. The fourth-order valence-corrected chi connectivity index (χ4v) is 5.51. The predicted molar refractivity (Wildman–Crippen MR) is 125 cm³/mol. The summed E-state index contributed by atoms with van der Waals surface area (Å²) in [6.07, 6.45) is 5.64. The van der Waals surface area contributed by atoms with Gasteiger partial charge in [0.15, 0.2) is 0 Å². The molecule has 1 saturated carbocycles. The summed E-state index contributed by atoms with van der Waals surface area (Å²) in [6, 6.07) is 11.0. The van der Waals surface area contributed by atoms with Crippen molar-refractivity contribution >= 4 is 5.82 Å². The van der Waals surface area contributed by atoms with Gasteiger partial charge in [0.2, 0.25) is 0 Å². The van der Waals surface area contributed by atoms with Crippen LogP contribution in [0.15, 0.2) is 36.5 Å². The van der Waals surface area contributed by atoms with Gasteiger partial charge in [-0.3, -0.25) is 9.88 Å². The molecule has 0 spiro atoms. The van der Waals surface area contributed by atoms with Crippen molar-refractivity contribution in [2.75, 3.05) is 44.7 Å². The summed E-state index contributed by atoms with van der Waals surface area (Å²) >= 11 is 0. The molecule has 0 radical (unpaired) electrons. The fourth-order valence-electron chi connectivity index (χ4n) is 5.51. The van der Waals surface area contributed by atoms with E-state index >= 15 is 0 Å². The van der Waals surface area contributed by atoms with E-state index in [2.05, 4.69) is 44.0 Å². The first-order valence-corrected chi connectivity index (χ1v) is 11.8. The SMILES string of the molecule is Cc1cccc(-c2nc3n(c2-c2ccnc(NCCN4CCOCC4)c2)[C@@H]2CCC3C2)n1. The lowest BCUT2D eigenvalue weighted by Gasteiger charge is -2.26. The van der Waals surface area contributed by atoms with Crippen molar-refractivity contribution in [3.05, 3.63) is 48.0 Å². The molecule has 1 saturated heterocycles. The second-order valence-electron chi connectivity index (χ2n) is 9.18. The van der Waals surface area contributed by atoms with Crippen LogP contribution in [0.4, 0.5) is 5.82 Å². The Morgan fingerprint density at radius 1 is 1.12 bits per heavy atom. The molecule has 0 amide bonds. The molecule has 3 aromatic rings. The summed E-state index contributed by atoms with van der Waals surface area (Å²) in [5.41, 5.74) is 5.35. The number of ether oxygens (including phenoxy) is 1. The summed E-state index contributed by atoms with van der Waals surface area (Å²) in [4.78, 5) is 17.0. The molecule has 1 aliphatic carbocycles. The van der Waals surface area contributed by atoms with Gasteiger partial charge in [-0.1, -0.05) is 6.07 Å². The van der Waals surface area contributed by atoms with Crippen molar-refractivity contribution in [2.24, 2.45) is 0 Å². The van der Waals surface area contributed by atoms with Crippen molar-refractivity contribution in [3.63, 3.8) is 0 Å². The molecule has 1 N–H and O–H groups in total. The lowest BCUT2D eigenvalue weighted by molar-refractivity contribution is 0.0398. The smallest absolute Gasteiger partial charge is 0.126 e. The van der Waals surface area contributed by atoms with Crippen molar-refractivity contribution in [2.45, 2.75) is 38.1 Å². The molecule has 2 atom stereocenters. The van der Waals surface area contributed by atoms with Crippen LogP contribution in [0.25, 0.3) is 22.6 Å². The van der Waals surface area contributed by atoms with Crippen LogP contribution in [0.5, 0.6) is 0 Å². The number of hydrogen-bond donors (Lipinski definition) is 1. The normalized spacial score (nSPS) is 22.3. The predicted octanol–water partition coefficient (Wildman–Crippen LogP) is 3.88. The number of pyridine rings is 2. The Labute approximate surface area is 188 Å². The molecule has 32 heavy (non-hydrogen) atoms.